The Morgan fingerprint density at radius 3 is 2.40 bits per heavy atom. The van der Waals surface area contributed by atoms with Crippen LogP contribution in [0.1, 0.15) is 10.4 Å². The van der Waals surface area contributed by atoms with Crippen LogP contribution in [0.15, 0.2) is 57.9 Å². The van der Waals surface area contributed by atoms with Crippen molar-refractivity contribution in [3.63, 3.8) is 0 Å². The van der Waals surface area contributed by atoms with Crippen LogP contribution in [0.4, 0.5) is 0 Å². The van der Waals surface area contributed by atoms with Gasteiger partial charge in [-0.3, -0.25) is 4.79 Å². The Morgan fingerprint density at radius 1 is 1.10 bits per heavy atom. The quantitative estimate of drug-likeness (QED) is 0.897. The molecule has 104 valence electrons. The van der Waals surface area contributed by atoms with E-state index < -0.39 is 15.9 Å². The Morgan fingerprint density at radius 2 is 1.75 bits per heavy atom. The number of carbonyl (C=O) groups is 1. The van der Waals surface area contributed by atoms with Crippen molar-refractivity contribution in [3.8, 4) is 0 Å². The highest BCUT2D eigenvalue weighted by Crippen LogP contribution is 2.21. The molecule has 0 aliphatic carbocycles. The number of carbonyl (C=O) groups excluding carboxylic acids is 1. The van der Waals surface area contributed by atoms with Crippen LogP contribution in [0.3, 0.4) is 0 Å². The lowest BCUT2D eigenvalue weighted by molar-refractivity contribution is 0.0980. The Kier molecular flexibility index (Phi) is 4.47. The second-order valence-corrected chi connectivity index (χ2v) is 6.85. The molecule has 4 nitrogen and oxygen atoms in total. The number of rotatable bonds is 3. The van der Waals surface area contributed by atoms with Crippen molar-refractivity contribution in [3.05, 3.63) is 63.6 Å². The molecule has 1 N–H and O–H groups in total. The van der Waals surface area contributed by atoms with Gasteiger partial charge in [0.05, 0.1) is 10.5 Å². The van der Waals surface area contributed by atoms with Gasteiger partial charge in [-0.1, -0.05) is 29.8 Å². The third-order valence-corrected chi connectivity index (χ3v) is 4.73. The molecule has 1 amide bonds. The Balaban J connectivity index is 2.30. The fraction of sp³-hybridized carbons (Fsp3) is 0. The maximum atomic E-state index is 12.0. The van der Waals surface area contributed by atoms with Crippen molar-refractivity contribution in [1.29, 1.82) is 0 Å². The van der Waals surface area contributed by atoms with Crippen molar-refractivity contribution in [2.24, 2.45) is 0 Å². The summed E-state index contributed by atoms with van der Waals surface area (Å²) in [6, 6.07) is 12.2. The van der Waals surface area contributed by atoms with E-state index in [9.17, 15) is 13.2 Å². The highest BCUT2D eigenvalue weighted by Gasteiger charge is 2.20. The first kappa shape index (κ1) is 15.0. The molecule has 0 saturated heterocycles. The largest absolute Gasteiger partial charge is 0.268 e. The Bertz CT molecular complexity index is 747. The van der Waals surface area contributed by atoms with Crippen LogP contribution in [0, 0.1) is 0 Å². The van der Waals surface area contributed by atoms with Gasteiger partial charge >= 0.3 is 0 Å². The molecule has 0 fully saturated rings. The molecule has 0 spiro atoms. The highest BCUT2D eigenvalue weighted by atomic mass is 79.9. The second kappa shape index (κ2) is 5.95. The molecular formula is C13H9BrClNO3S. The van der Waals surface area contributed by atoms with Gasteiger partial charge in [0, 0.05) is 9.50 Å². The average Bonchev–Trinajstić information content (AvgIpc) is 2.42. The number of halogens is 2. The van der Waals surface area contributed by atoms with Crippen molar-refractivity contribution in [2.45, 2.75) is 4.90 Å². The summed E-state index contributed by atoms with van der Waals surface area (Å²) in [6.07, 6.45) is 0. The second-order valence-electron chi connectivity index (χ2n) is 3.87. The summed E-state index contributed by atoms with van der Waals surface area (Å²) >= 11 is 8.98. The summed E-state index contributed by atoms with van der Waals surface area (Å²) in [6.45, 7) is 0. The van der Waals surface area contributed by atoms with Crippen LogP contribution in [0.25, 0.3) is 0 Å². The van der Waals surface area contributed by atoms with Crippen LogP contribution in [0.2, 0.25) is 5.02 Å². The molecule has 0 aliphatic heterocycles. The van der Waals surface area contributed by atoms with E-state index >= 15 is 0 Å². The minimum atomic E-state index is -3.90. The van der Waals surface area contributed by atoms with Gasteiger partial charge in [0.2, 0.25) is 0 Å². The van der Waals surface area contributed by atoms with Gasteiger partial charge in [-0.05, 0) is 46.3 Å². The predicted octanol–water partition coefficient (Wildman–Crippen LogP) is 3.22. The summed E-state index contributed by atoms with van der Waals surface area (Å²) in [7, 11) is -3.90. The van der Waals surface area contributed by atoms with Crippen molar-refractivity contribution < 1.29 is 13.2 Å². The molecule has 2 aromatic carbocycles. The maximum absolute atomic E-state index is 12.0. The summed E-state index contributed by atoms with van der Waals surface area (Å²) in [4.78, 5) is 12.0. The Hall–Kier alpha value is -1.37. The monoisotopic (exact) mass is 373 g/mol. The van der Waals surface area contributed by atoms with Crippen LogP contribution in [-0.2, 0) is 10.0 Å². The van der Waals surface area contributed by atoms with Crippen molar-refractivity contribution >= 4 is 43.5 Å². The van der Waals surface area contributed by atoms with Gasteiger partial charge in [-0.15, -0.1) is 0 Å². The Labute approximate surface area is 129 Å². The van der Waals surface area contributed by atoms with Gasteiger partial charge < -0.3 is 0 Å². The SMILES string of the molecule is O=C(NS(=O)(=O)c1ccccc1)c1cc(Cl)ccc1Br. The smallest absolute Gasteiger partial charge is 0.266 e. The van der Waals surface area contributed by atoms with Crippen LogP contribution >= 0.6 is 27.5 Å². The van der Waals surface area contributed by atoms with E-state index in [2.05, 4.69) is 15.9 Å². The van der Waals surface area contributed by atoms with Gasteiger partial charge in [-0.2, -0.15) is 0 Å². The first-order valence-electron chi connectivity index (χ1n) is 5.47. The summed E-state index contributed by atoms with van der Waals surface area (Å²) in [5, 5.41) is 0.343. The van der Waals surface area contributed by atoms with E-state index in [0.717, 1.165) is 0 Å². The molecule has 0 aromatic heterocycles. The molecule has 0 unspecified atom stereocenters. The molecule has 0 radical (unpaired) electrons. The molecule has 20 heavy (non-hydrogen) atoms. The molecule has 7 heteroatoms. The van der Waals surface area contributed by atoms with Crippen LogP contribution in [0.5, 0.6) is 0 Å². The van der Waals surface area contributed by atoms with E-state index in [1.807, 2.05) is 4.72 Å². The fourth-order valence-corrected chi connectivity index (χ4v) is 3.09. The zero-order valence-electron chi connectivity index (χ0n) is 10.0. The van der Waals surface area contributed by atoms with Gasteiger partial charge in [0.1, 0.15) is 0 Å². The normalized spacial score (nSPS) is 11.1. The minimum Gasteiger partial charge on any atom is -0.268 e. The predicted molar refractivity (Wildman–Crippen MR) is 80.2 cm³/mol. The fourth-order valence-electron chi connectivity index (χ4n) is 1.51. The lowest BCUT2D eigenvalue weighted by Crippen LogP contribution is -2.30. The summed E-state index contributed by atoms with van der Waals surface area (Å²) < 4.78 is 26.5. The van der Waals surface area contributed by atoms with Gasteiger partial charge in [0.15, 0.2) is 0 Å². The van der Waals surface area contributed by atoms with E-state index in [0.29, 0.717) is 9.50 Å². The van der Waals surface area contributed by atoms with Crippen molar-refractivity contribution in [2.75, 3.05) is 0 Å². The first-order valence-corrected chi connectivity index (χ1v) is 8.13. The third kappa shape index (κ3) is 3.39. The van der Waals surface area contributed by atoms with Gasteiger partial charge in [-0.25, -0.2) is 13.1 Å². The molecule has 2 rings (SSSR count). The van der Waals surface area contributed by atoms with Crippen LogP contribution in [-0.4, -0.2) is 14.3 Å². The van der Waals surface area contributed by atoms with Crippen LogP contribution < -0.4 is 4.72 Å². The number of sulfonamides is 1. The van der Waals surface area contributed by atoms with E-state index in [1.54, 1.807) is 30.3 Å². The van der Waals surface area contributed by atoms with Gasteiger partial charge in [0.25, 0.3) is 15.9 Å². The topological polar surface area (TPSA) is 63.2 Å². The first-order chi connectivity index (χ1) is 9.40. The number of hydrogen-bond acceptors (Lipinski definition) is 3. The molecule has 0 heterocycles. The third-order valence-electron chi connectivity index (χ3n) is 2.45. The molecule has 0 bridgehead atoms. The summed E-state index contributed by atoms with van der Waals surface area (Å²) in [5.41, 5.74) is 0.150. The number of benzene rings is 2. The molecule has 0 aliphatic rings. The van der Waals surface area contributed by atoms with E-state index in [1.165, 1.54) is 18.2 Å². The lowest BCUT2D eigenvalue weighted by atomic mass is 10.2. The maximum Gasteiger partial charge on any atom is 0.266 e. The number of hydrogen-bond donors (Lipinski definition) is 1. The van der Waals surface area contributed by atoms with Crippen molar-refractivity contribution in [1.82, 2.24) is 4.72 Å². The van der Waals surface area contributed by atoms with E-state index in [4.69, 9.17) is 11.6 Å². The number of amides is 1. The number of nitrogens with one attached hydrogen (secondary N) is 1. The van der Waals surface area contributed by atoms with E-state index in [-0.39, 0.29) is 10.5 Å². The molecule has 2 aromatic rings. The minimum absolute atomic E-state index is 0.0199. The lowest BCUT2D eigenvalue weighted by Gasteiger charge is -2.08. The zero-order valence-corrected chi connectivity index (χ0v) is 13.2. The molecular weight excluding hydrogens is 366 g/mol. The zero-order chi connectivity index (χ0) is 14.8. The molecule has 0 atom stereocenters. The molecule has 0 saturated carbocycles. The summed E-state index contributed by atoms with van der Waals surface area (Å²) in [5.74, 6) is -0.747. The standard InChI is InChI=1S/C13H9BrClNO3S/c14-12-7-6-9(15)8-11(12)13(17)16-20(18,19)10-4-2-1-3-5-10/h1-8H,(H,16,17). The highest BCUT2D eigenvalue weighted by molar-refractivity contribution is 9.10. The average molecular weight is 375 g/mol.